The second kappa shape index (κ2) is 7.51. The van der Waals surface area contributed by atoms with Crippen LogP contribution >= 0.6 is 0 Å². The second-order valence-corrected chi connectivity index (χ2v) is 5.98. The zero-order valence-corrected chi connectivity index (χ0v) is 14.1. The summed E-state index contributed by atoms with van der Waals surface area (Å²) in [7, 11) is 0. The van der Waals surface area contributed by atoms with E-state index < -0.39 is 23.4 Å². The Morgan fingerprint density at radius 3 is 2.28 bits per heavy atom. The van der Waals surface area contributed by atoms with E-state index in [0.29, 0.717) is 26.2 Å². The Bertz CT molecular complexity index is 738. The average Bonchev–Trinajstić information content (AvgIpc) is 2.65. The summed E-state index contributed by atoms with van der Waals surface area (Å²) in [6, 6.07) is 11.3. The van der Waals surface area contributed by atoms with Gasteiger partial charge in [-0.25, -0.2) is 13.6 Å². The minimum atomic E-state index is -0.774. The van der Waals surface area contributed by atoms with Crippen LogP contribution in [0.5, 0.6) is 0 Å². The first-order valence-electron chi connectivity index (χ1n) is 8.43. The first-order chi connectivity index (χ1) is 12.1. The second-order valence-electron chi connectivity index (χ2n) is 5.98. The van der Waals surface area contributed by atoms with E-state index in [0.717, 1.165) is 18.6 Å². The normalized spacial score (nSPS) is 14.5. The van der Waals surface area contributed by atoms with E-state index in [-0.39, 0.29) is 0 Å². The molecule has 0 aromatic heterocycles. The molecule has 6 heteroatoms. The fourth-order valence-corrected chi connectivity index (χ4v) is 3.07. The highest BCUT2D eigenvalue weighted by molar-refractivity contribution is 5.89. The lowest BCUT2D eigenvalue weighted by Crippen LogP contribution is -2.50. The van der Waals surface area contributed by atoms with E-state index in [4.69, 9.17) is 0 Å². The van der Waals surface area contributed by atoms with Gasteiger partial charge in [0.15, 0.2) is 0 Å². The van der Waals surface area contributed by atoms with E-state index in [2.05, 4.69) is 29.3 Å². The average molecular weight is 345 g/mol. The number of nitrogens with one attached hydrogen (secondary N) is 1. The van der Waals surface area contributed by atoms with Crippen LogP contribution in [-0.4, -0.2) is 37.1 Å². The molecular weight excluding hydrogens is 324 g/mol. The van der Waals surface area contributed by atoms with Gasteiger partial charge in [-0.3, -0.25) is 0 Å². The topological polar surface area (TPSA) is 35.6 Å². The van der Waals surface area contributed by atoms with Crippen LogP contribution < -0.4 is 10.2 Å². The maximum atomic E-state index is 13.7. The van der Waals surface area contributed by atoms with Crippen molar-refractivity contribution < 1.29 is 13.6 Å². The van der Waals surface area contributed by atoms with E-state index in [9.17, 15) is 13.6 Å². The van der Waals surface area contributed by atoms with Gasteiger partial charge in [-0.2, -0.15) is 0 Å². The molecule has 1 N–H and O–H groups in total. The van der Waals surface area contributed by atoms with Gasteiger partial charge in [0.05, 0.1) is 0 Å². The molecule has 0 bridgehead atoms. The van der Waals surface area contributed by atoms with Crippen molar-refractivity contribution in [1.82, 2.24) is 4.90 Å². The number of hydrogen-bond acceptors (Lipinski definition) is 2. The molecule has 25 heavy (non-hydrogen) atoms. The lowest BCUT2D eigenvalue weighted by atomic mass is 10.1. The molecule has 0 unspecified atom stereocenters. The van der Waals surface area contributed by atoms with Crippen LogP contribution in [0.15, 0.2) is 42.5 Å². The molecule has 132 valence electrons. The summed E-state index contributed by atoms with van der Waals surface area (Å²) in [6.45, 7) is 4.49. The predicted octanol–water partition coefficient (Wildman–Crippen LogP) is 3.88. The molecule has 1 saturated heterocycles. The van der Waals surface area contributed by atoms with Crippen molar-refractivity contribution in [3.05, 3.63) is 59.7 Å². The highest BCUT2D eigenvalue weighted by atomic mass is 19.1. The van der Waals surface area contributed by atoms with E-state index in [1.54, 1.807) is 4.90 Å². The van der Waals surface area contributed by atoms with Gasteiger partial charge < -0.3 is 15.1 Å². The maximum Gasteiger partial charge on any atom is 0.322 e. The number of hydrogen-bond donors (Lipinski definition) is 1. The highest BCUT2D eigenvalue weighted by Gasteiger charge is 2.23. The highest BCUT2D eigenvalue weighted by Crippen LogP contribution is 2.23. The van der Waals surface area contributed by atoms with Gasteiger partial charge in [0.25, 0.3) is 0 Å². The van der Waals surface area contributed by atoms with Gasteiger partial charge in [-0.1, -0.05) is 31.2 Å². The number of carbonyl (C=O) groups excluding carboxylic acids is 1. The molecule has 2 aromatic carbocycles. The first-order valence-corrected chi connectivity index (χ1v) is 8.43. The number of carbonyl (C=O) groups is 1. The number of rotatable bonds is 3. The molecule has 0 aliphatic carbocycles. The fourth-order valence-electron chi connectivity index (χ4n) is 3.07. The summed E-state index contributed by atoms with van der Waals surface area (Å²) in [6.07, 6.45) is 0.948. The first kappa shape index (κ1) is 17.2. The molecule has 0 radical (unpaired) electrons. The molecule has 3 rings (SSSR count). The third kappa shape index (κ3) is 3.73. The van der Waals surface area contributed by atoms with Crippen LogP contribution in [0.4, 0.5) is 25.0 Å². The van der Waals surface area contributed by atoms with Crippen molar-refractivity contribution in [2.75, 3.05) is 36.4 Å². The Morgan fingerprint density at radius 1 is 1.00 bits per heavy atom. The summed E-state index contributed by atoms with van der Waals surface area (Å²) in [4.78, 5) is 16.1. The summed E-state index contributed by atoms with van der Waals surface area (Å²) < 4.78 is 27.3. The predicted molar refractivity (Wildman–Crippen MR) is 95.0 cm³/mol. The zero-order valence-electron chi connectivity index (χ0n) is 14.1. The number of nitrogens with zero attached hydrogens (tertiary/aromatic N) is 2. The molecule has 0 spiro atoms. The maximum absolute atomic E-state index is 13.7. The number of aryl methyl sites for hydroxylation is 1. The largest absolute Gasteiger partial charge is 0.368 e. The van der Waals surface area contributed by atoms with Crippen molar-refractivity contribution in [2.24, 2.45) is 0 Å². The molecule has 0 saturated carbocycles. The van der Waals surface area contributed by atoms with Crippen molar-refractivity contribution >= 4 is 17.4 Å². The van der Waals surface area contributed by atoms with Crippen LogP contribution in [0.3, 0.4) is 0 Å². The van der Waals surface area contributed by atoms with E-state index in [1.165, 1.54) is 17.3 Å². The number of anilines is 2. The number of amides is 2. The van der Waals surface area contributed by atoms with Crippen molar-refractivity contribution in [1.29, 1.82) is 0 Å². The third-order valence-corrected chi connectivity index (χ3v) is 4.47. The molecule has 2 amide bonds. The van der Waals surface area contributed by atoms with Gasteiger partial charge in [0.2, 0.25) is 0 Å². The van der Waals surface area contributed by atoms with Crippen LogP contribution in [0, 0.1) is 11.6 Å². The van der Waals surface area contributed by atoms with Crippen molar-refractivity contribution in [3.8, 4) is 0 Å². The Morgan fingerprint density at radius 2 is 1.64 bits per heavy atom. The van der Waals surface area contributed by atoms with E-state index >= 15 is 0 Å². The minimum Gasteiger partial charge on any atom is -0.368 e. The fraction of sp³-hybridized carbons (Fsp3) is 0.316. The third-order valence-electron chi connectivity index (χ3n) is 4.47. The minimum absolute atomic E-state index is 0.397. The lowest BCUT2D eigenvalue weighted by Gasteiger charge is -2.37. The monoisotopic (exact) mass is 345 g/mol. The standard InChI is InChI=1S/C19H21F2N3O/c1-2-14-6-3-4-9-17(14)23-10-12-24(13-11-23)19(25)22-18-15(20)7-5-8-16(18)21/h3-9H,2,10-13H2,1H3,(H,22,25). The quantitative estimate of drug-likeness (QED) is 0.916. The zero-order chi connectivity index (χ0) is 17.8. The van der Waals surface area contributed by atoms with Gasteiger partial charge in [-0.05, 0) is 30.2 Å². The van der Waals surface area contributed by atoms with Crippen LogP contribution in [-0.2, 0) is 6.42 Å². The number of halogens is 2. The molecule has 0 atom stereocenters. The molecule has 1 aliphatic heterocycles. The summed E-state index contributed by atoms with van der Waals surface area (Å²) in [5, 5.41) is 2.34. The lowest BCUT2D eigenvalue weighted by molar-refractivity contribution is 0.208. The summed E-state index contributed by atoms with van der Waals surface area (Å²) >= 11 is 0. The van der Waals surface area contributed by atoms with Gasteiger partial charge >= 0.3 is 6.03 Å². The smallest absolute Gasteiger partial charge is 0.322 e. The van der Waals surface area contributed by atoms with Gasteiger partial charge in [0, 0.05) is 31.9 Å². The van der Waals surface area contributed by atoms with Gasteiger partial charge in [-0.15, -0.1) is 0 Å². The number of para-hydroxylation sites is 2. The van der Waals surface area contributed by atoms with Crippen LogP contribution in [0.2, 0.25) is 0 Å². The van der Waals surface area contributed by atoms with Crippen molar-refractivity contribution in [3.63, 3.8) is 0 Å². The molecule has 2 aromatic rings. The Labute approximate surface area is 146 Å². The Hall–Kier alpha value is -2.63. The molecule has 4 nitrogen and oxygen atoms in total. The Balaban J connectivity index is 1.63. The summed E-state index contributed by atoms with van der Waals surface area (Å²) in [5.41, 5.74) is 2.06. The molecule has 1 aliphatic rings. The van der Waals surface area contributed by atoms with Crippen molar-refractivity contribution in [2.45, 2.75) is 13.3 Å². The number of urea groups is 1. The molecular formula is C19H21F2N3O. The molecule has 1 heterocycles. The Kier molecular flexibility index (Phi) is 5.16. The van der Waals surface area contributed by atoms with Crippen LogP contribution in [0.25, 0.3) is 0 Å². The van der Waals surface area contributed by atoms with Gasteiger partial charge in [0.1, 0.15) is 17.3 Å². The van der Waals surface area contributed by atoms with Crippen LogP contribution in [0.1, 0.15) is 12.5 Å². The summed E-state index contributed by atoms with van der Waals surface area (Å²) in [5.74, 6) is -1.55. The number of piperazine rings is 1. The molecule has 1 fully saturated rings. The SMILES string of the molecule is CCc1ccccc1N1CCN(C(=O)Nc2c(F)cccc2F)CC1. The number of benzene rings is 2. The van der Waals surface area contributed by atoms with E-state index in [1.807, 2.05) is 12.1 Å².